The van der Waals surface area contributed by atoms with Crippen molar-refractivity contribution in [3.8, 4) is 5.75 Å². The molecule has 0 bridgehead atoms. The Morgan fingerprint density at radius 3 is 2.24 bits per heavy atom. The zero-order chi connectivity index (χ0) is 12.5. The van der Waals surface area contributed by atoms with Crippen molar-refractivity contribution in [2.24, 2.45) is 5.73 Å². The van der Waals surface area contributed by atoms with Crippen LogP contribution in [0, 0.1) is 0 Å². The number of phenols is 1. The molecule has 1 aromatic rings. The minimum absolute atomic E-state index is 0.111. The molecule has 0 aliphatic heterocycles. The lowest BCUT2D eigenvalue weighted by Crippen LogP contribution is -2.42. The van der Waals surface area contributed by atoms with Gasteiger partial charge in [-0.25, -0.2) is 0 Å². The smallest absolute Gasteiger partial charge is 0.314 e. The van der Waals surface area contributed by atoms with Crippen LogP contribution in [0.5, 0.6) is 5.75 Å². The van der Waals surface area contributed by atoms with Crippen LogP contribution in [0.15, 0.2) is 24.3 Å². The van der Waals surface area contributed by atoms with Crippen LogP contribution < -0.4 is 5.73 Å². The van der Waals surface area contributed by atoms with Gasteiger partial charge in [-0.15, -0.1) is 0 Å². The fraction of sp³-hybridized carbons (Fsp3) is 0.462. The molecule has 0 atom stereocenters. The molecule has 0 saturated heterocycles. The average molecular weight is 235 g/mol. The number of carboxylic acids is 1. The van der Waals surface area contributed by atoms with Crippen molar-refractivity contribution < 1.29 is 15.0 Å². The highest BCUT2D eigenvalue weighted by molar-refractivity contribution is 5.81. The van der Waals surface area contributed by atoms with Gasteiger partial charge in [0.1, 0.15) is 5.75 Å². The van der Waals surface area contributed by atoms with Gasteiger partial charge in [0, 0.05) is 6.04 Å². The van der Waals surface area contributed by atoms with Crippen LogP contribution in [-0.4, -0.2) is 22.2 Å². The number of hydrogen-bond donors (Lipinski definition) is 3. The van der Waals surface area contributed by atoms with Crippen LogP contribution in [0.4, 0.5) is 0 Å². The molecule has 0 unspecified atom stereocenters. The number of phenolic OH excluding ortho intramolecular Hbond substituents is 1. The van der Waals surface area contributed by atoms with Gasteiger partial charge in [0.25, 0.3) is 0 Å². The first-order valence-corrected chi connectivity index (χ1v) is 5.83. The van der Waals surface area contributed by atoms with Crippen molar-refractivity contribution in [1.29, 1.82) is 0 Å². The summed E-state index contributed by atoms with van der Waals surface area (Å²) >= 11 is 0. The zero-order valence-electron chi connectivity index (χ0n) is 9.60. The van der Waals surface area contributed by atoms with E-state index in [1.165, 1.54) is 12.1 Å². The number of nitrogens with two attached hydrogens (primary N) is 1. The summed E-state index contributed by atoms with van der Waals surface area (Å²) in [4.78, 5) is 11.6. The van der Waals surface area contributed by atoms with Crippen LogP contribution in [-0.2, 0) is 10.2 Å². The average Bonchev–Trinajstić information content (AvgIpc) is 2.31. The Morgan fingerprint density at radius 1 is 1.24 bits per heavy atom. The zero-order valence-corrected chi connectivity index (χ0v) is 9.60. The summed E-state index contributed by atoms with van der Waals surface area (Å²) in [5.41, 5.74) is 5.75. The first-order valence-electron chi connectivity index (χ1n) is 5.83. The van der Waals surface area contributed by atoms with Crippen molar-refractivity contribution in [1.82, 2.24) is 0 Å². The van der Waals surface area contributed by atoms with Gasteiger partial charge in [-0.3, -0.25) is 4.79 Å². The molecule has 2 rings (SSSR count). The Balaban J connectivity index is 2.35. The molecule has 92 valence electrons. The summed E-state index contributed by atoms with van der Waals surface area (Å²) in [6, 6.07) is 6.57. The van der Waals surface area contributed by atoms with Crippen LogP contribution in [0.1, 0.15) is 31.2 Å². The highest BCUT2D eigenvalue weighted by Crippen LogP contribution is 2.39. The summed E-state index contributed by atoms with van der Waals surface area (Å²) in [7, 11) is 0. The van der Waals surface area contributed by atoms with Crippen LogP contribution in [0.3, 0.4) is 0 Å². The molecular weight excluding hydrogens is 218 g/mol. The van der Waals surface area contributed by atoms with Gasteiger partial charge in [0.15, 0.2) is 0 Å². The molecule has 1 aromatic carbocycles. The van der Waals surface area contributed by atoms with Gasteiger partial charge >= 0.3 is 5.97 Å². The van der Waals surface area contributed by atoms with Gasteiger partial charge in [-0.05, 0) is 43.4 Å². The second-order valence-corrected chi connectivity index (χ2v) is 4.77. The molecule has 1 saturated carbocycles. The Kier molecular flexibility index (Phi) is 3.07. The van der Waals surface area contributed by atoms with Crippen molar-refractivity contribution in [3.63, 3.8) is 0 Å². The largest absolute Gasteiger partial charge is 0.508 e. The van der Waals surface area contributed by atoms with Crippen molar-refractivity contribution in [2.75, 3.05) is 0 Å². The summed E-state index contributed by atoms with van der Waals surface area (Å²) in [5.74, 6) is -0.642. The van der Waals surface area contributed by atoms with Crippen molar-refractivity contribution in [2.45, 2.75) is 37.1 Å². The fourth-order valence-corrected chi connectivity index (χ4v) is 2.54. The van der Waals surface area contributed by atoms with Gasteiger partial charge in [0.05, 0.1) is 5.41 Å². The number of benzene rings is 1. The molecule has 0 spiro atoms. The maximum Gasteiger partial charge on any atom is 0.314 e. The first kappa shape index (κ1) is 11.9. The Hall–Kier alpha value is -1.55. The molecular formula is C13H17NO3. The fourth-order valence-electron chi connectivity index (χ4n) is 2.54. The molecule has 1 aliphatic rings. The van der Waals surface area contributed by atoms with Crippen molar-refractivity contribution in [3.05, 3.63) is 29.8 Å². The number of rotatable bonds is 2. The first-order chi connectivity index (χ1) is 8.04. The van der Waals surface area contributed by atoms with Gasteiger partial charge < -0.3 is 15.9 Å². The number of carbonyl (C=O) groups is 1. The standard InChI is InChI=1S/C13H17NO3/c14-10-5-7-13(8-6-10,12(16)17)9-1-3-11(15)4-2-9/h1-4,10,15H,5-8,14H2,(H,16,17). The lowest BCUT2D eigenvalue weighted by Gasteiger charge is -2.36. The van der Waals surface area contributed by atoms with Crippen LogP contribution in [0.2, 0.25) is 0 Å². The monoisotopic (exact) mass is 235 g/mol. The molecule has 0 radical (unpaired) electrons. The second kappa shape index (κ2) is 4.37. The van der Waals surface area contributed by atoms with Gasteiger partial charge in [-0.2, -0.15) is 0 Å². The molecule has 0 amide bonds. The Morgan fingerprint density at radius 2 is 1.76 bits per heavy atom. The SMILES string of the molecule is NC1CCC(C(=O)O)(c2ccc(O)cc2)CC1. The van der Waals surface area contributed by atoms with E-state index < -0.39 is 11.4 Å². The molecule has 4 heteroatoms. The topological polar surface area (TPSA) is 83.6 Å². The van der Waals surface area contributed by atoms with Crippen molar-refractivity contribution >= 4 is 5.97 Å². The summed E-state index contributed by atoms with van der Waals surface area (Å²) < 4.78 is 0. The second-order valence-electron chi connectivity index (χ2n) is 4.77. The van der Waals surface area contributed by atoms with E-state index in [4.69, 9.17) is 5.73 Å². The minimum atomic E-state index is -0.830. The predicted molar refractivity (Wildman–Crippen MR) is 63.9 cm³/mol. The van der Waals surface area contributed by atoms with Gasteiger partial charge in [0.2, 0.25) is 0 Å². The van der Waals surface area contributed by atoms with E-state index >= 15 is 0 Å². The number of aromatic hydroxyl groups is 1. The minimum Gasteiger partial charge on any atom is -0.508 e. The lowest BCUT2D eigenvalue weighted by atomic mass is 9.68. The molecule has 0 aromatic heterocycles. The number of carboxylic acid groups (broad SMARTS) is 1. The maximum absolute atomic E-state index is 11.6. The summed E-state index contributed by atoms with van der Waals surface area (Å²) in [6.45, 7) is 0. The Bertz CT molecular complexity index is 405. The van der Waals surface area contributed by atoms with E-state index in [9.17, 15) is 15.0 Å². The molecule has 1 fully saturated rings. The summed E-state index contributed by atoms with van der Waals surface area (Å²) in [5, 5.41) is 18.7. The molecule has 4 nitrogen and oxygen atoms in total. The third kappa shape index (κ3) is 2.13. The predicted octanol–water partition coefficient (Wildman–Crippen LogP) is 1.62. The Labute approximate surface area is 100 Å². The molecule has 17 heavy (non-hydrogen) atoms. The van der Waals surface area contributed by atoms with Crippen LogP contribution in [0.25, 0.3) is 0 Å². The summed E-state index contributed by atoms with van der Waals surface area (Å²) in [6.07, 6.45) is 2.59. The van der Waals surface area contributed by atoms with E-state index in [1.54, 1.807) is 12.1 Å². The van der Waals surface area contributed by atoms with E-state index in [2.05, 4.69) is 0 Å². The number of aliphatic carboxylic acids is 1. The van der Waals surface area contributed by atoms with E-state index in [0.717, 1.165) is 18.4 Å². The van der Waals surface area contributed by atoms with Gasteiger partial charge in [-0.1, -0.05) is 12.1 Å². The molecule has 4 N–H and O–H groups in total. The highest BCUT2D eigenvalue weighted by atomic mass is 16.4. The van der Waals surface area contributed by atoms with E-state index in [0.29, 0.717) is 12.8 Å². The quantitative estimate of drug-likeness (QED) is 0.727. The maximum atomic E-state index is 11.6. The van der Waals surface area contributed by atoms with E-state index in [-0.39, 0.29) is 11.8 Å². The third-order valence-corrected chi connectivity index (χ3v) is 3.71. The normalized spacial score (nSPS) is 28.9. The highest BCUT2D eigenvalue weighted by Gasteiger charge is 2.42. The molecule has 0 heterocycles. The van der Waals surface area contributed by atoms with Crippen LogP contribution >= 0.6 is 0 Å². The number of hydrogen-bond acceptors (Lipinski definition) is 3. The lowest BCUT2D eigenvalue weighted by molar-refractivity contribution is -0.145. The molecule has 1 aliphatic carbocycles. The van der Waals surface area contributed by atoms with E-state index in [1.807, 2.05) is 0 Å². The third-order valence-electron chi connectivity index (χ3n) is 3.71.